The van der Waals surface area contributed by atoms with Crippen LogP contribution in [0.4, 0.5) is 0 Å². The first-order chi connectivity index (χ1) is 12.5. The Kier molecular flexibility index (Phi) is 5.54. The predicted molar refractivity (Wildman–Crippen MR) is 98.2 cm³/mol. The number of carbonyl (C=O) groups excluding carboxylic acids is 2. The highest BCUT2D eigenvalue weighted by molar-refractivity contribution is 5.99. The molecule has 3 rings (SSSR count). The molecule has 1 aliphatic rings. The molecule has 0 aliphatic carbocycles. The number of rotatable bonds is 5. The van der Waals surface area contributed by atoms with Crippen LogP contribution in [0.1, 0.15) is 32.1 Å². The summed E-state index contributed by atoms with van der Waals surface area (Å²) in [6.45, 7) is 7.28. The van der Waals surface area contributed by atoms with Gasteiger partial charge in [-0.2, -0.15) is 0 Å². The van der Waals surface area contributed by atoms with Crippen molar-refractivity contribution >= 4 is 11.8 Å². The highest BCUT2D eigenvalue weighted by atomic mass is 16.5. The van der Waals surface area contributed by atoms with Gasteiger partial charge in [-0.05, 0) is 44.2 Å². The second-order valence-corrected chi connectivity index (χ2v) is 6.47. The lowest BCUT2D eigenvalue weighted by Gasteiger charge is -2.25. The number of carbonyl (C=O) groups is 2. The number of aromatic nitrogens is 1. The van der Waals surface area contributed by atoms with Crippen molar-refractivity contribution in [1.82, 2.24) is 9.47 Å². The molecule has 0 unspecified atom stereocenters. The van der Waals surface area contributed by atoms with E-state index in [1.807, 2.05) is 36.6 Å². The Morgan fingerprint density at radius 2 is 1.77 bits per heavy atom. The first-order valence-electron chi connectivity index (χ1n) is 8.72. The monoisotopic (exact) mass is 356 g/mol. The minimum atomic E-state index is -0.362. The highest BCUT2D eigenvalue weighted by Gasteiger charge is 2.20. The Bertz CT molecular complexity index is 802. The van der Waals surface area contributed by atoms with E-state index in [-0.39, 0.29) is 11.8 Å². The van der Waals surface area contributed by atoms with Gasteiger partial charge in [-0.25, -0.2) is 4.79 Å². The highest BCUT2D eigenvalue weighted by Crippen LogP contribution is 2.22. The number of hydrogen-bond donors (Lipinski definition) is 0. The van der Waals surface area contributed by atoms with Gasteiger partial charge in [0.2, 0.25) is 0 Å². The quantitative estimate of drug-likeness (QED) is 0.608. The minimum absolute atomic E-state index is 0.123. The molecule has 2 aromatic rings. The zero-order valence-corrected chi connectivity index (χ0v) is 15.4. The molecular weight excluding hydrogens is 332 g/mol. The molecule has 1 aliphatic heterocycles. The molecule has 0 atom stereocenters. The first kappa shape index (κ1) is 18.4. The van der Waals surface area contributed by atoms with Gasteiger partial charge in [-0.3, -0.25) is 9.69 Å². The van der Waals surface area contributed by atoms with Gasteiger partial charge in [0, 0.05) is 35.7 Å². The van der Waals surface area contributed by atoms with E-state index in [1.165, 1.54) is 7.11 Å². The summed E-state index contributed by atoms with van der Waals surface area (Å²) in [4.78, 5) is 26.5. The molecule has 138 valence electrons. The third kappa shape index (κ3) is 3.71. The smallest absolute Gasteiger partial charge is 0.337 e. The maximum Gasteiger partial charge on any atom is 0.337 e. The Labute approximate surface area is 153 Å². The van der Waals surface area contributed by atoms with E-state index >= 15 is 0 Å². The van der Waals surface area contributed by atoms with Crippen LogP contribution in [0, 0.1) is 13.8 Å². The van der Waals surface area contributed by atoms with E-state index in [4.69, 9.17) is 9.47 Å². The molecule has 0 saturated carbocycles. The minimum Gasteiger partial charge on any atom is -0.465 e. The number of benzene rings is 1. The van der Waals surface area contributed by atoms with Gasteiger partial charge in [-0.15, -0.1) is 0 Å². The van der Waals surface area contributed by atoms with Crippen molar-refractivity contribution in [3.63, 3.8) is 0 Å². The molecule has 0 spiro atoms. The zero-order chi connectivity index (χ0) is 18.7. The molecule has 26 heavy (non-hydrogen) atoms. The van der Waals surface area contributed by atoms with Crippen molar-refractivity contribution < 1.29 is 19.1 Å². The summed E-state index contributed by atoms with van der Waals surface area (Å²) in [7, 11) is 1.36. The van der Waals surface area contributed by atoms with Crippen LogP contribution >= 0.6 is 0 Å². The van der Waals surface area contributed by atoms with Crippen LogP contribution in [0.5, 0.6) is 0 Å². The van der Waals surface area contributed by atoms with Crippen molar-refractivity contribution in [2.24, 2.45) is 0 Å². The summed E-state index contributed by atoms with van der Waals surface area (Å²) in [5.41, 5.74) is 4.05. The van der Waals surface area contributed by atoms with E-state index in [9.17, 15) is 9.59 Å². The van der Waals surface area contributed by atoms with Crippen molar-refractivity contribution in [1.29, 1.82) is 0 Å². The van der Waals surface area contributed by atoms with Crippen LogP contribution in [0.25, 0.3) is 5.69 Å². The maximum atomic E-state index is 12.8. The van der Waals surface area contributed by atoms with Gasteiger partial charge >= 0.3 is 5.97 Å². The molecule has 1 aromatic heterocycles. The standard InChI is InChI=1S/C20H24N2O4/c1-14-12-18(19(23)13-21-8-10-26-11-9-21)15(2)22(14)17-6-4-16(5-7-17)20(24)25-3/h4-7,12H,8-11,13H2,1-3H3. The number of Topliss-reactive ketones (excluding diaryl/α,β-unsaturated/α-hetero) is 1. The summed E-state index contributed by atoms with van der Waals surface area (Å²) < 4.78 is 12.1. The maximum absolute atomic E-state index is 12.8. The fourth-order valence-corrected chi connectivity index (χ4v) is 3.35. The van der Waals surface area contributed by atoms with E-state index in [0.29, 0.717) is 25.3 Å². The molecule has 1 saturated heterocycles. The third-order valence-corrected chi connectivity index (χ3v) is 4.75. The Balaban J connectivity index is 1.83. The molecule has 0 amide bonds. The fourth-order valence-electron chi connectivity index (χ4n) is 3.35. The topological polar surface area (TPSA) is 60.8 Å². The predicted octanol–water partition coefficient (Wildman–Crippen LogP) is 2.40. The molecule has 2 heterocycles. The summed E-state index contributed by atoms with van der Waals surface area (Å²) >= 11 is 0. The molecule has 1 fully saturated rings. The third-order valence-electron chi connectivity index (χ3n) is 4.75. The molecular formula is C20H24N2O4. The average Bonchev–Trinajstić information content (AvgIpc) is 2.96. The van der Waals surface area contributed by atoms with Gasteiger partial charge in [0.05, 0.1) is 32.4 Å². The van der Waals surface area contributed by atoms with Crippen LogP contribution in [-0.4, -0.2) is 61.2 Å². The van der Waals surface area contributed by atoms with Crippen molar-refractivity contribution in [3.8, 4) is 5.69 Å². The number of hydrogen-bond acceptors (Lipinski definition) is 5. The van der Waals surface area contributed by atoms with Crippen molar-refractivity contribution in [2.45, 2.75) is 13.8 Å². The number of morpholine rings is 1. The lowest BCUT2D eigenvalue weighted by Crippen LogP contribution is -2.39. The normalized spacial score (nSPS) is 15.0. The molecule has 6 heteroatoms. The van der Waals surface area contributed by atoms with E-state index < -0.39 is 0 Å². The van der Waals surface area contributed by atoms with Gasteiger partial charge in [0.25, 0.3) is 0 Å². The second kappa shape index (κ2) is 7.85. The number of nitrogens with zero attached hydrogens (tertiary/aromatic N) is 2. The van der Waals surface area contributed by atoms with E-state index in [2.05, 4.69) is 4.90 Å². The summed E-state index contributed by atoms with van der Waals surface area (Å²) in [6.07, 6.45) is 0. The number of methoxy groups -OCH3 is 1. The fraction of sp³-hybridized carbons (Fsp3) is 0.400. The van der Waals surface area contributed by atoms with Crippen molar-refractivity contribution in [2.75, 3.05) is 40.0 Å². The van der Waals surface area contributed by atoms with E-state index in [0.717, 1.165) is 35.7 Å². The number of esters is 1. The van der Waals surface area contributed by atoms with Gasteiger partial charge in [0.15, 0.2) is 5.78 Å². The summed E-state index contributed by atoms with van der Waals surface area (Å²) in [6, 6.07) is 9.13. The summed E-state index contributed by atoms with van der Waals surface area (Å²) in [5, 5.41) is 0. The molecule has 0 bridgehead atoms. The van der Waals surface area contributed by atoms with Crippen LogP contribution in [-0.2, 0) is 9.47 Å². The molecule has 0 radical (unpaired) electrons. The second-order valence-electron chi connectivity index (χ2n) is 6.47. The molecule has 0 N–H and O–H groups in total. The Morgan fingerprint density at radius 1 is 1.12 bits per heavy atom. The van der Waals surface area contributed by atoms with Crippen LogP contribution in [0.3, 0.4) is 0 Å². The largest absolute Gasteiger partial charge is 0.465 e. The van der Waals surface area contributed by atoms with Crippen molar-refractivity contribution in [3.05, 3.63) is 52.8 Å². The summed E-state index contributed by atoms with van der Waals surface area (Å²) in [5.74, 6) is -0.240. The SMILES string of the molecule is COC(=O)c1ccc(-n2c(C)cc(C(=O)CN3CCOCC3)c2C)cc1. The van der Waals surface area contributed by atoms with Crippen LogP contribution in [0.15, 0.2) is 30.3 Å². The van der Waals surface area contributed by atoms with Gasteiger partial charge < -0.3 is 14.0 Å². The lowest BCUT2D eigenvalue weighted by molar-refractivity contribution is 0.0371. The number of aryl methyl sites for hydroxylation is 1. The lowest BCUT2D eigenvalue weighted by atomic mass is 10.1. The molecule has 6 nitrogen and oxygen atoms in total. The number of ether oxygens (including phenoxy) is 2. The average molecular weight is 356 g/mol. The van der Waals surface area contributed by atoms with Crippen LogP contribution < -0.4 is 0 Å². The Hall–Kier alpha value is -2.44. The Morgan fingerprint density at radius 3 is 2.38 bits per heavy atom. The van der Waals surface area contributed by atoms with Crippen LogP contribution in [0.2, 0.25) is 0 Å². The first-order valence-corrected chi connectivity index (χ1v) is 8.72. The van der Waals surface area contributed by atoms with Gasteiger partial charge in [0.1, 0.15) is 0 Å². The zero-order valence-electron chi connectivity index (χ0n) is 15.4. The number of ketones is 1. The molecule has 1 aromatic carbocycles. The van der Waals surface area contributed by atoms with Gasteiger partial charge in [-0.1, -0.05) is 0 Å². The van der Waals surface area contributed by atoms with E-state index in [1.54, 1.807) is 12.1 Å².